The second-order valence-electron chi connectivity index (χ2n) is 6.83. The second-order valence-corrected chi connectivity index (χ2v) is 6.83. The topological polar surface area (TPSA) is 45.5 Å². The summed E-state index contributed by atoms with van der Waals surface area (Å²) in [5, 5.41) is 0. The first-order chi connectivity index (χ1) is 12.1. The van der Waals surface area contributed by atoms with E-state index in [0.29, 0.717) is 25.7 Å². The summed E-state index contributed by atoms with van der Waals surface area (Å²) in [6.07, 6.45) is 3.64. The van der Waals surface area contributed by atoms with Crippen LogP contribution in [0.5, 0.6) is 0 Å². The Balaban J connectivity index is 1.76. The van der Waals surface area contributed by atoms with Crippen molar-refractivity contribution in [2.24, 2.45) is 0 Å². The van der Waals surface area contributed by atoms with Crippen LogP contribution < -0.4 is 5.56 Å². The zero-order valence-corrected chi connectivity index (χ0v) is 14.9. The third-order valence-corrected chi connectivity index (χ3v) is 4.93. The molecule has 1 aromatic carbocycles. The molecule has 0 bridgehead atoms. The molecule has 0 atom stereocenters. The largest absolute Gasteiger partial charge is 0.338 e. The highest BCUT2D eigenvalue weighted by Crippen LogP contribution is 2.15. The summed E-state index contributed by atoms with van der Waals surface area (Å²) >= 11 is 0. The number of nitrogens with zero attached hydrogens (tertiary/aromatic N) is 3. The molecule has 1 amide bonds. The van der Waals surface area contributed by atoms with Gasteiger partial charge in [0.25, 0.3) is 11.5 Å². The number of benzene rings is 1. The Labute approximate surface area is 148 Å². The number of likely N-dealkylation sites (tertiary alicyclic amines) is 1. The highest BCUT2D eigenvalue weighted by atomic mass is 16.2. The minimum atomic E-state index is -0.217. The van der Waals surface area contributed by atoms with Crippen LogP contribution in [0.3, 0.4) is 0 Å². The maximum absolute atomic E-state index is 12.8. The first-order valence-electron chi connectivity index (χ1n) is 8.75. The summed E-state index contributed by atoms with van der Waals surface area (Å²) in [5.74, 6) is -0.149. The van der Waals surface area contributed by atoms with E-state index in [9.17, 15) is 9.59 Å². The van der Waals surface area contributed by atoms with E-state index in [1.54, 1.807) is 22.9 Å². The number of amides is 1. The third kappa shape index (κ3) is 3.99. The summed E-state index contributed by atoms with van der Waals surface area (Å²) in [5.41, 5.74) is 1.09. The molecule has 3 rings (SSSR count). The van der Waals surface area contributed by atoms with Crippen molar-refractivity contribution in [3.8, 4) is 0 Å². The van der Waals surface area contributed by atoms with Crippen molar-refractivity contribution >= 4 is 5.91 Å². The molecule has 132 valence electrons. The van der Waals surface area contributed by atoms with E-state index in [2.05, 4.69) is 19.0 Å². The Morgan fingerprint density at radius 1 is 1.08 bits per heavy atom. The average Bonchev–Trinajstić information content (AvgIpc) is 2.64. The van der Waals surface area contributed by atoms with Gasteiger partial charge in [-0.3, -0.25) is 9.59 Å². The predicted octanol–water partition coefficient (Wildman–Crippen LogP) is 2.06. The lowest BCUT2D eigenvalue weighted by atomic mass is 10.0. The van der Waals surface area contributed by atoms with E-state index >= 15 is 0 Å². The van der Waals surface area contributed by atoms with Crippen molar-refractivity contribution in [1.82, 2.24) is 14.4 Å². The van der Waals surface area contributed by atoms with Crippen LogP contribution in [0.25, 0.3) is 0 Å². The van der Waals surface area contributed by atoms with Gasteiger partial charge in [-0.2, -0.15) is 0 Å². The van der Waals surface area contributed by atoms with Crippen molar-refractivity contribution in [3.63, 3.8) is 0 Å². The quantitative estimate of drug-likeness (QED) is 0.857. The summed E-state index contributed by atoms with van der Waals surface area (Å²) in [4.78, 5) is 29.6. The number of carbonyl (C=O) groups is 1. The number of piperidine rings is 1. The summed E-state index contributed by atoms with van der Waals surface area (Å²) < 4.78 is 1.61. The molecular formula is C20H25N3O2. The Morgan fingerprint density at radius 2 is 1.76 bits per heavy atom. The average molecular weight is 339 g/mol. The molecule has 1 aliphatic rings. The summed E-state index contributed by atoms with van der Waals surface area (Å²) in [6.45, 7) is 1.88. The normalized spacial score (nSPS) is 15.6. The molecule has 1 aliphatic heterocycles. The highest BCUT2D eigenvalue weighted by molar-refractivity contribution is 5.93. The van der Waals surface area contributed by atoms with E-state index in [0.717, 1.165) is 18.4 Å². The number of pyridine rings is 1. The molecule has 0 radical (unpaired) electrons. The smallest absolute Gasteiger partial charge is 0.263 e. The molecule has 1 fully saturated rings. The van der Waals surface area contributed by atoms with Crippen LogP contribution in [0.15, 0.2) is 53.5 Å². The molecule has 5 nitrogen and oxygen atoms in total. The number of rotatable bonds is 4. The summed E-state index contributed by atoms with van der Waals surface area (Å²) in [7, 11) is 4.14. The van der Waals surface area contributed by atoms with Crippen LogP contribution in [0.2, 0.25) is 0 Å². The first kappa shape index (κ1) is 17.4. The lowest BCUT2D eigenvalue weighted by molar-refractivity contribution is 0.0661. The van der Waals surface area contributed by atoms with E-state index < -0.39 is 0 Å². The highest BCUT2D eigenvalue weighted by Gasteiger charge is 2.26. The fourth-order valence-corrected chi connectivity index (χ4v) is 3.36. The van der Waals surface area contributed by atoms with Crippen LogP contribution in [-0.4, -0.2) is 53.5 Å². The SMILES string of the molecule is CN(C)C1CCN(C(=O)c2cccn(Cc3ccccc3)c2=O)CC1. The number of aromatic nitrogens is 1. The number of carbonyl (C=O) groups excluding carboxylic acids is 1. The minimum absolute atomic E-state index is 0.149. The first-order valence-corrected chi connectivity index (χ1v) is 8.75. The standard InChI is InChI=1S/C20H25N3O2/c1-21(2)17-10-13-22(14-11-17)19(24)18-9-6-12-23(20(18)25)15-16-7-4-3-5-8-16/h3-9,12,17H,10-11,13-15H2,1-2H3. The van der Waals surface area contributed by atoms with E-state index in [1.807, 2.05) is 35.2 Å². The molecule has 0 spiro atoms. The molecule has 5 heteroatoms. The lowest BCUT2D eigenvalue weighted by Crippen LogP contribution is -2.45. The lowest BCUT2D eigenvalue weighted by Gasteiger charge is -2.35. The van der Waals surface area contributed by atoms with E-state index in [4.69, 9.17) is 0 Å². The Kier molecular flexibility index (Phi) is 5.34. The molecule has 2 heterocycles. The fraction of sp³-hybridized carbons (Fsp3) is 0.400. The van der Waals surface area contributed by atoms with Gasteiger partial charge in [-0.15, -0.1) is 0 Å². The second kappa shape index (κ2) is 7.66. The Hall–Kier alpha value is -2.40. The van der Waals surface area contributed by atoms with Crippen LogP contribution in [0.1, 0.15) is 28.8 Å². The molecule has 25 heavy (non-hydrogen) atoms. The van der Waals surface area contributed by atoms with Gasteiger partial charge in [0.2, 0.25) is 0 Å². The fourth-order valence-electron chi connectivity index (χ4n) is 3.36. The van der Waals surface area contributed by atoms with Crippen LogP contribution in [-0.2, 0) is 6.54 Å². The molecule has 1 saturated heterocycles. The molecule has 0 saturated carbocycles. The zero-order valence-electron chi connectivity index (χ0n) is 14.9. The van der Waals surface area contributed by atoms with Gasteiger partial charge < -0.3 is 14.4 Å². The van der Waals surface area contributed by atoms with Gasteiger partial charge in [0, 0.05) is 25.3 Å². The Morgan fingerprint density at radius 3 is 2.40 bits per heavy atom. The van der Waals surface area contributed by atoms with Gasteiger partial charge in [0.15, 0.2) is 0 Å². The van der Waals surface area contributed by atoms with Crippen LogP contribution >= 0.6 is 0 Å². The molecule has 0 N–H and O–H groups in total. The van der Waals surface area contributed by atoms with Gasteiger partial charge in [-0.1, -0.05) is 30.3 Å². The van der Waals surface area contributed by atoms with Gasteiger partial charge in [0.05, 0.1) is 6.54 Å². The minimum Gasteiger partial charge on any atom is -0.338 e. The maximum atomic E-state index is 12.8. The molecular weight excluding hydrogens is 314 g/mol. The number of hydrogen-bond acceptors (Lipinski definition) is 3. The van der Waals surface area contributed by atoms with Crippen molar-refractivity contribution in [2.45, 2.75) is 25.4 Å². The predicted molar refractivity (Wildman–Crippen MR) is 98.9 cm³/mol. The Bertz CT molecular complexity index is 775. The zero-order chi connectivity index (χ0) is 17.8. The van der Waals surface area contributed by atoms with Gasteiger partial charge in [-0.25, -0.2) is 0 Å². The summed E-state index contributed by atoms with van der Waals surface area (Å²) in [6, 6.07) is 13.7. The van der Waals surface area contributed by atoms with Crippen LogP contribution in [0, 0.1) is 0 Å². The van der Waals surface area contributed by atoms with Gasteiger partial charge in [0.1, 0.15) is 5.56 Å². The van der Waals surface area contributed by atoms with Crippen molar-refractivity contribution in [3.05, 3.63) is 70.1 Å². The van der Waals surface area contributed by atoms with Crippen molar-refractivity contribution in [1.29, 1.82) is 0 Å². The van der Waals surface area contributed by atoms with Crippen molar-refractivity contribution < 1.29 is 4.79 Å². The van der Waals surface area contributed by atoms with E-state index in [1.165, 1.54) is 0 Å². The number of hydrogen-bond donors (Lipinski definition) is 0. The molecule has 0 unspecified atom stereocenters. The molecule has 0 aliphatic carbocycles. The maximum Gasteiger partial charge on any atom is 0.263 e. The van der Waals surface area contributed by atoms with Crippen LogP contribution in [0.4, 0.5) is 0 Å². The van der Waals surface area contributed by atoms with Crippen molar-refractivity contribution in [2.75, 3.05) is 27.2 Å². The monoisotopic (exact) mass is 339 g/mol. The van der Waals surface area contributed by atoms with Gasteiger partial charge >= 0.3 is 0 Å². The van der Waals surface area contributed by atoms with Gasteiger partial charge in [-0.05, 0) is 44.6 Å². The molecule has 2 aromatic rings. The molecule has 1 aromatic heterocycles. The van der Waals surface area contributed by atoms with E-state index in [-0.39, 0.29) is 17.0 Å². The third-order valence-electron chi connectivity index (χ3n) is 4.93.